The van der Waals surface area contributed by atoms with Gasteiger partial charge in [0.2, 0.25) is 0 Å². The smallest absolute Gasteiger partial charge is 0.262 e. The predicted octanol–water partition coefficient (Wildman–Crippen LogP) is 4.55. The summed E-state index contributed by atoms with van der Waals surface area (Å²) in [5, 5.41) is 0. The maximum atomic E-state index is 13.0. The van der Waals surface area contributed by atoms with E-state index >= 15 is 0 Å². The van der Waals surface area contributed by atoms with Crippen LogP contribution in [0.2, 0.25) is 0 Å². The number of hydrogen-bond acceptors (Lipinski definition) is 3. The molecule has 0 unspecified atom stereocenters. The Morgan fingerprint density at radius 3 is 2.04 bits per heavy atom. The van der Waals surface area contributed by atoms with E-state index in [0.29, 0.717) is 17.5 Å². The molecule has 2 heterocycles. The van der Waals surface area contributed by atoms with Crippen molar-refractivity contribution in [1.29, 1.82) is 0 Å². The van der Waals surface area contributed by atoms with E-state index in [4.69, 9.17) is 4.74 Å². The first kappa shape index (κ1) is 15.8. The molecule has 0 aromatic heterocycles. The molecule has 5 rings (SSSR count). The molecule has 3 aromatic rings. The van der Waals surface area contributed by atoms with Crippen LogP contribution in [0.5, 0.6) is 5.75 Å². The average Bonchev–Trinajstić information content (AvgIpc) is 2.98. The number of imide groups is 1. The Labute approximate surface area is 157 Å². The summed E-state index contributed by atoms with van der Waals surface area (Å²) in [6.45, 7) is 0. The molecule has 0 radical (unpaired) electrons. The van der Waals surface area contributed by atoms with Crippen LogP contribution >= 0.6 is 0 Å². The Bertz CT molecular complexity index is 1010. The summed E-state index contributed by atoms with van der Waals surface area (Å²) in [4.78, 5) is 27.5. The Morgan fingerprint density at radius 1 is 0.741 bits per heavy atom. The summed E-state index contributed by atoms with van der Waals surface area (Å²) in [6.07, 6.45) is 0.322. The largest absolute Gasteiger partial charge is 0.485 e. The molecule has 2 amide bonds. The highest BCUT2D eigenvalue weighted by molar-refractivity contribution is 6.21. The Kier molecular flexibility index (Phi) is 3.57. The predicted molar refractivity (Wildman–Crippen MR) is 101 cm³/mol. The molecule has 0 spiro atoms. The number of amides is 2. The van der Waals surface area contributed by atoms with Crippen molar-refractivity contribution in [2.24, 2.45) is 0 Å². The minimum atomic E-state index is -0.354. The van der Waals surface area contributed by atoms with E-state index in [0.717, 1.165) is 16.9 Å². The summed E-state index contributed by atoms with van der Waals surface area (Å²) in [5.41, 5.74) is 2.86. The van der Waals surface area contributed by atoms with Crippen LogP contribution in [0, 0.1) is 0 Å². The summed E-state index contributed by atoms with van der Waals surface area (Å²) >= 11 is 0. The van der Waals surface area contributed by atoms with Gasteiger partial charge in [-0.15, -0.1) is 0 Å². The Morgan fingerprint density at radius 2 is 1.33 bits per heavy atom. The van der Waals surface area contributed by atoms with Crippen molar-refractivity contribution in [2.45, 2.75) is 18.6 Å². The monoisotopic (exact) mass is 355 g/mol. The number of para-hydroxylation sites is 1. The fourth-order valence-electron chi connectivity index (χ4n) is 4.00. The highest BCUT2D eigenvalue weighted by atomic mass is 16.5. The number of carbonyl (C=O) groups is 2. The van der Waals surface area contributed by atoms with Crippen LogP contribution in [0.25, 0.3) is 0 Å². The third-order valence-corrected chi connectivity index (χ3v) is 5.29. The molecule has 2 aliphatic heterocycles. The Balaban J connectivity index is 1.59. The molecule has 27 heavy (non-hydrogen) atoms. The zero-order valence-electron chi connectivity index (χ0n) is 14.5. The van der Waals surface area contributed by atoms with Crippen molar-refractivity contribution < 1.29 is 14.3 Å². The van der Waals surface area contributed by atoms with Crippen molar-refractivity contribution in [2.75, 3.05) is 0 Å². The van der Waals surface area contributed by atoms with Gasteiger partial charge in [-0.3, -0.25) is 14.5 Å². The van der Waals surface area contributed by atoms with Crippen LogP contribution in [0.15, 0.2) is 78.9 Å². The normalized spacial score (nSPS) is 20.8. The van der Waals surface area contributed by atoms with Gasteiger partial charge in [-0.05, 0) is 23.8 Å². The zero-order valence-corrected chi connectivity index (χ0v) is 14.5. The van der Waals surface area contributed by atoms with Crippen LogP contribution in [0.1, 0.15) is 50.4 Å². The van der Waals surface area contributed by atoms with Crippen LogP contribution in [0.4, 0.5) is 0 Å². The van der Waals surface area contributed by atoms with E-state index in [1.165, 1.54) is 4.90 Å². The lowest BCUT2D eigenvalue weighted by Crippen LogP contribution is -2.37. The van der Waals surface area contributed by atoms with Crippen molar-refractivity contribution in [3.05, 3.63) is 101 Å². The third-order valence-electron chi connectivity index (χ3n) is 5.29. The minimum Gasteiger partial charge on any atom is -0.485 e. The molecule has 0 saturated heterocycles. The first-order valence-corrected chi connectivity index (χ1v) is 9.01. The molecule has 132 valence electrons. The summed E-state index contributed by atoms with van der Waals surface area (Å²) in [7, 11) is 0. The second-order valence-electron chi connectivity index (χ2n) is 6.83. The minimum absolute atomic E-state index is 0.213. The SMILES string of the molecule is O=C1c2ccccc2C(=O)N1[C@@H]1C[C@H](c2ccccc2)Oc2ccccc21. The van der Waals surface area contributed by atoms with Gasteiger partial charge >= 0.3 is 0 Å². The highest BCUT2D eigenvalue weighted by Gasteiger charge is 2.44. The van der Waals surface area contributed by atoms with E-state index in [1.807, 2.05) is 54.6 Å². The topological polar surface area (TPSA) is 46.6 Å². The number of carbonyl (C=O) groups excluding carboxylic acids is 2. The zero-order chi connectivity index (χ0) is 18.4. The van der Waals surface area contributed by atoms with E-state index in [9.17, 15) is 9.59 Å². The first-order chi connectivity index (χ1) is 13.2. The lowest BCUT2D eigenvalue weighted by Gasteiger charge is -2.36. The van der Waals surface area contributed by atoms with Crippen LogP contribution < -0.4 is 4.74 Å². The number of nitrogens with zero attached hydrogens (tertiary/aromatic N) is 1. The maximum absolute atomic E-state index is 13.0. The van der Waals surface area contributed by atoms with E-state index in [2.05, 4.69) is 0 Å². The third kappa shape index (κ3) is 2.45. The number of benzene rings is 3. The van der Waals surface area contributed by atoms with Gasteiger partial charge in [-0.1, -0.05) is 60.7 Å². The summed E-state index contributed by atoms with van der Waals surface area (Å²) < 4.78 is 6.21. The fraction of sp³-hybridized carbons (Fsp3) is 0.130. The van der Waals surface area contributed by atoms with Gasteiger partial charge in [0.05, 0.1) is 17.2 Å². The van der Waals surface area contributed by atoms with Crippen LogP contribution in [-0.4, -0.2) is 16.7 Å². The van der Waals surface area contributed by atoms with Gasteiger partial charge in [0, 0.05) is 12.0 Å². The molecule has 4 nitrogen and oxygen atoms in total. The van der Waals surface area contributed by atoms with E-state index in [1.54, 1.807) is 24.3 Å². The molecule has 0 N–H and O–H groups in total. The van der Waals surface area contributed by atoms with Crippen molar-refractivity contribution >= 4 is 11.8 Å². The van der Waals surface area contributed by atoms with Crippen molar-refractivity contribution in [1.82, 2.24) is 4.90 Å². The molecule has 2 atom stereocenters. The van der Waals surface area contributed by atoms with Crippen LogP contribution in [0.3, 0.4) is 0 Å². The first-order valence-electron chi connectivity index (χ1n) is 9.01. The average molecular weight is 355 g/mol. The second kappa shape index (κ2) is 6.09. The number of hydrogen-bond donors (Lipinski definition) is 0. The number of fused-ring (bicyclic) bond motifs is 2. The fourth-order valence-corrected chi connectivity index (χ4v) is 4.00. The number of ether oxygens (including phenoxy) is 1. The lowest BCUT2D eigenvalue weighted by molar-refractivity contribution is 0.0478. The summed E-state index contributed by atoms with van der Waals surface area (Å²) in [6, 6.07) is 24.2. The van der Waals surface area contributed by atoms with Crippen molar-refractivity contribution in [3.63, 3.8) is 0 Å². The van der Waals surface area contributed by atoms with Gasteiger partial charge in [-0.25, -0.2) is 0 Å². The second-order valence-corrected chi connectivity index (χ2v) is 6.83. The molecular formula is C23H17NO3. The molecule has 0 fully saturated rings. The quantitative estimate of drug-likeness (QED) is 0.634. The van der Waals surface area contributed by atoms with E-state index in [-0.39, 0.29) is 24.0 Å². The van der Waals surface area contributed by atoms with Crippen molar-refractivity contribution in [3.8, 4) is 5.75 Å². The molecule has 2 aliphatic rings. The van der Waals surface area contributed by atoms with Gasteiger partial charge in [0.15, 0.2) is 0 Å². The van der Waals surface area contributed by atoms with Gasteiger partial charge in [0.1, 0.15) is 11.9 Å². The van der Waals surface area contributed by atoms with Gasteiger partial charge in [0.25, 0.3) is 11.8 Å². The highest BCUT2D eigenvalue weighted by Crippen LogP contribution is 2.45. The molecule has 0 saturated carbocycles. The van der Waals surface area contributed by atoms with E-state index < -0.39 is 0 Å². The maximum Gasteiger partial charge on any atom is 0.262 e. The summed E-state index contributed by atoms with van der Waals surface area (Å²) in [5.74, 6) is 0.257. The van der Waals surface area contributed by atoms with Gasteiger partial charge < -0.3 is 4.74 Å². The van der Waals surface area contributed by atoms with Crippen LogP contribution in [-0.2, 0) is 0 Å². The van der Waals surface area contributed by atoms with Gasteiger partial charge in [-0.2, -0.15) is 0 Å². The lowest BCUT2D eigenvalue weighted by atomic mass is 9.92. The molecule has 4 heteroatoms. The molecule has 3 aromatic carbocycles. The molecule has 0 aliphatic carbocycles. The Hall–Kier alpha value is -3.40. The standard InChI is InChI=1S/C23H17NO3/c25-22-16-10-4-5-11-17(16)23(26)24(22)19-14-21(15-8-2-1-3-9-15)27-20-13-7-6-12-18(19)20/h1-13,19,21H,14H2/t19-,21-/m1/s1. The molecular weight excluding hydrogens is 338 g/mol. The molecule has 0 bridgehead atoms. The number of rotatable bonds is 2.